The number of anilines is 1. The van der Waals surface area contributed by atoms with Crippen LogP contribution in [-0.4, -0.2) is 26.4 Å². The summed E-state index contributed by atoms with van der Waals surface area (Å²) in [5, 5.41) is 12.5. The molecule has 0 aliphatic heterocycles. The molecule has 0 aliphatic carbocycles. The monoisotopic (exact) mass is 394 g/mol. The van der Waals surface area contributed by atoms with Crippen molar-refractivity contribution in [3.05, 3.63) is 71.5 Å². The number of nitrogens with one attached hydrogen (secondary N) is 1. The topological polar surface area (TPSA) is 59.8 Å². The van der Waals surface area contributed by atoms with Crippen LogP contribution in [0.2, 0.25) is 0 Å². The van der Waals surface area contributed by atoms with E-state index < -0.39 is 0 Å². The van der Waals surface area contributed by atoms with E-state index in [0.29, 0.717) is 11.7 Å². The smallest absolute Gasteiger partial charge is 0.234 e. The Hall–Kier alpha value is -2.60. The molecule has 1 amide bonds. The fourth-order valence-electron chi connectivity index (χ4n) is 2.93. The predicted molar refractivity (Wildman–Crippen MR) is 115 cm³/mol. The number of aromatic nitrogens is 3. The van der Waals surface area contributed by atoms with Crippen LogP contribution in [0.15, 0.2) is 59.8 Å². The number of carbonyl (C=O) groups is 1. The molecule has 1 aromatic heterocycles. The van der Waals surface area contributed by atoms with Gasteiger partial charge in [-0.2, -0.15) is 0 Å². The molecule has 5 nitrogen and oxygen atoms in total. The highest BCUT2D eigenvalue weighted by Crippen LogP contribution is 2.21. The first kappa shape index (κ1) is 20.1. The predicted octanol–water partition coefficient (Wildman–Crippen LogP) is 4.56. The molecule has 6 heteroatoms. The lowest BCUT2D eigenvalue weighted by Crippen LogP contribution is -2.15. The molecule has 146 valence electrons. The van der Waals surface area contributed by atoms with Gasteiger partial charge in [-0.1, -0.05) is 68.1 Å². The molecule has 0 fully saturated rings. The van der Waals surface area contributed by atoms with Crippen LogP contribution in [0.4, 0.5) is 5.69 Å². The second-order valence-corrected chi connectivity index (χ2v) is 8.21. The molecule has 0 saturated heterocycles. The average Bonchev–Trinajstić information content (AvgIpc) is 3.02. The number of aryl methyl sites for hydroxylation is 1. The van der Waals surface area contributed by atoms with E-state index in [0.717, 1.165) is 35.2 Å². The summed E-state index contributed by atoms with van der Waals surface area (Å²) in [5.74, 6) is 1.65. The summed E-state index contributed by atoms with van der Waals surface area (Å²) in [6.07, 6.45) is 0.733. The van der Waals surface area contributed by atoms with Crippen LogP contribution in [0, 0.1) is 12.8 Å². The van der Waals surface area contributed by atoms with Gasteiger partial charge in [-0.15, -0.1) is 10.2 Å². The number of carbonyl (C=O) groups excluding carboxylic acids is 1. The zero-order valence-electron chi connectivity index (χ0n) is 16.6. The molecule has 0 atom stereocenters. The van der Waals surface area contributed by atoms with Crippen LogP contribution in [0.3, 0.4) is 0 Å². The molecule has 3 aromatic rings. The highest BCUT2D eigenvalue weighted by atomic mass is 32.2. The van der Waals surface area contributed by atoms with Crippen molar-refractivity contribution < 1.29 is 4.79 Å². The van der Waals surface area contributed by atoms with Crippen LogP contribution in [0.1, 0.15) is 30.8 Å². The second-order valence-electron chi connectivity index (χ2n) is 7.27. The number of thioether (sulfide) groups is 1. The van der Waals surface area contributed by atoms with Crippen molar-refractivity contribution in [3.8, 4) is 0 Å². The molecular formula is C22H26N4OS. The fraction of sp³-hybridized carbons (Fsp3) is 0.318. The zero-order valence-corrected chi connectivity index (χ0v) is 17.4. The number of hydrogen-bond donors (Lipinski definition) is 1. The number of amides is 1. The van der Waals surface area contributed by atoms with Crippen molar-refractivity contribution >= 4 is 23.4 Å². The Morgan fingerprint density at radius 1 is 1.11 bits per heavy atom. The third kappa shape index (κ3) is 5.70. The first-order valence-electron chi connectivity index (χ1n) is 9.46. The molecule has 0 radical (unpaired) electrons. The van der Waals surface area contributed by atoms with Crippen molar-refractivity contribution in [3.63, 3.8) is 0 Å². The molecule has 3 rings (SSSR count). The molecule has 0 saturated carbocycles. The van der Waals surface area contributed by atoms with Gasteiger partial charge in [0.1, 0.15) is 5.82 Å². The summed E-state index contributed by atoms with van der Waals surface area (Å²) in [5.41, 5.74) is 3.14. The minimum Gasteiger partial charge on any atom is -0.325 e. The number of benzene rings is 2. The van der Waals surface area contributed by atoms with Gasteiger partial charge in [0.15, 0.2) is 5.16 Å². The summed E-state index contributed by atoms with van der Waals surface area (Å²) in [6, 6.07) is 18.1. The van der Waals surface area contributed by atoms with Gasteiger partial charge in [0.2, 0.25) is 5.91 Å². The minimum atomic E-state index is -0.0423. The lowest BCUT2D eigenvalue weighted by molar-refractivity contribution is -0.113. The molecule has 28 heavy (non-hydrogen) atoms. The Bertz CT molecular complexity index is 921. The summed E-state index contributed by atoms with van der Waals surface area (Å²) >= 11 is 1.43. The maximum atomic E-state index is 12.3. The Balaban J connectivity index is 1.68. The third-order valence-electron chi connectivity index (χ3n) is 4.18. The van der Waals surface area contributed by atoms with E-state index >= 15 is 0 Å². The van der Waals surface area contributed by atoms with E-state index in [9.17, 15) is 4.79 Å². The van der Waals surface area contributed by atoms with Gasteiger partial charge in [0.05, 0.1) is 5.75 Å². The van der Waals surface area contributed by atoms with Gasteiger partial charge in [0.25, 0.3) is 0 Å². The Labute approximate surface area is 170 Å². The lowest BCUT2D eigenvalue weighted by atomic mass is 10.1. The van der Waals surface area contributed by atoms with Gasteiger partial charge in [0, 0.05) is 18.7 Å². The van der Waals surface area contributed by atoms with Crippen LogP contribution >= 0.6 is 11.8 Å². The third-order valence-corrected chi connectivity index (χ3v) is 5.15. The Morgan fingerprint density at radius 2 is 1.89 bits per heavy atom. The van der Waals surface area contributed by atoms with Crippen LogP contribution in [-0.2, 0) is 17.8 Å². The largest absolute Gasteiger partial charge is 0.325 e. The Morgan fingerprint density at radius 3 is 2.61 bits per heavy atom. The highest BCUT2D eigenvalue weighted by molar-refractivity contribution is 7.99. The summed E-state index contributed by atoms with van der Waals surface area (Å²) in [7, 11) is 0. The minimum absolute atomic E-state index is 0.0423. The number of nitrogens with zero attached hydrogens (tertiary/aromatic N) is 3. The van der Waals surface area contributed by atoms with E-state index in [1.54, 1.807) is 0 Å². The molecule has 1 heterocycles. The van der Waals surface area contributed by atoms with Gasteiger partial charge in [-0.05, 0) is 36.1 Å². The first-order valence-corrected chi connectivity index (χ1v) is 10.4. The van der Waals surface area contributed by atoms with Crippen LogP contribution in [0.25, 0.3) is 0 Å². The molecular weight excluding hydrogens is 368 g/mol. The molecule has 2 aromatic carbocycles. The molecule has 1 N–H and O–H groups in total. The van der Waals surface area contributed by atoms with Crippen LogP contribution < -0.4 is 5.32 Å². The second kappa shape index (κ2) is 9.55. The van der Waals surface area contributed by atoms with Crippen molar-refractivity contribution in [2.75, 3.05) is 11.1 Å². The summed E-state index contributed by atoms with van der Waals surface area (Å²) in [6.45, 7) is 7.18. The zero-order chi connectivity index (χ0) is 19.9. The maximum absolute atomic E-state index is 12.3. The van der Waals surface area contributed by atoms with E-state index in [-0.39, 0.29) is 5.91 Å². The van der Waals surface area contributed by atoms with Crippen molar-refractivity contribution in [1.29, 1.82) is 0 Å². The first-order chi connectivity index (χ1) is 13.5. The van der Waals surface area contributed by atoms with E-state index in [4.69, 9.17) is 0 Å². The average molecular weight is 395 g/mol. The van der Waals surface area contributed by atoms with Crippen molar-refractivity contribution in [1.82, 2.24) is 14.8 Å². The molecule has 0 bridgehead atoms. The SMILES string of the molecule is Cc1cccc(NC(=O)CSc2nnc(Cc3ccccc3)n2CC(C)C)c1. The van der Waals surface area contributed by atoms with Gasteiger partial charge in [-0.25, -0.2) is 0 Å². The van der Waals surface area contributed by atoms with Crippen LogP contribution in [0.5, 0.6) is 0 Å². The van der Waals surface area contributed by atoms with Gasteiger partial charge < -0.3 is 9.88 Å². The lowest BCUT2D eigenvalue weighted by Gasteiger charge is -2.12. The molecule has 0 aliphatic rings. The van der Waals surface area contributed by atoms with E-state index in [1.807, 2.05) is 49.4 Å². The molecule has 0 unspecified atom stereocenters. The number of hydrogen-bond acceptors (Lipinski definition) is 4. The Kier molecular flexibility index (Phi) is 6.87. The standard InChI is InChI=1S/C22H26N4OS/c1-16(2)14-26-20(13-18-9-5-4-6-10-18)24-25-22(26)28-15-21(27)23-19-11-7-8-17(3)12-19/h4-12,16H,13-15H2,1-3H3,(H,23,27). The maximum Gasteiger partial charge on any atom is 0.234 e. The van der Waals surface area contributed by atoms with Gasteiger partial charge in [-0.3, -0.25) is 4.79 Å². The quantitative estimate of drug-likeness (QED) is 0.569. The van der Waals surface area contributed by atoms with Crippen molar-refractivity contribution in [2.45, 2.75) is 38.9 Å². The highest BCUT2D eigenvalue weighted by Gasteiger charge is 2.15. The fourth-order valence-corrected chi connectivity index (χ4v) is 3.70. The summed E-state index contributed by atoms with van der Waals surface area (Å²) in [4.78, 5) is 12.3. The number of rotatable bonds is 8. The normalized spacial score (nSPS) is 11.0. The van der Waals surface area contributed by atoms with E-state index in [2.05, 4.69) is 46.1 Å². The van der Waals surface area contributed by atoms with E-state index in [1.165, 1.54) is 17.3 Å². The van der Waals surface area contributed by atoms with Gasteiger partial charge >= 0.3 is 0 Å². The van der Waals surface area contributed by atoms with Crippen molar-refractivity contribution in [2.24, 2.45) is 5.92 Å². The molecule has 0 spiro atoms. The summed E-state index contributed by atoms with van der Waals surface area (Å²) < 4.78 is 2.14.